The number of anilines is 1. The Bertz CT molecular complexity index is 1060. The summed E-state index contributed by atoms with van der Waals surface area (Å²) in [6.07, 6.45) is 4.29. The molecule has 1 saturated heterocycles. The lowest BCUT2D eigenvalue weighted by atomic mass is 10.1. The molecule has 1 amide bonds. The van der Waals surface area contributed by atoms with Crippen LogP contribution < -0.4 is 10.1 Å². The molecular weight excluding hydrogens is 444 g/mol. The number of hydrogen-bond donors (Lipinski definition) is 1. The molecule has 1 aliphatic heterocycles. The summed E-state index contributed by atoms with van der Waals surface area (Å²) in [5.74, 6) is -0.350. The maximum absolute atomic E-state index is 13.0. The van der Waals surface area contributed by atoms with Gasteiger partial charge in [-0.2, -0.15) is 4.31 Å². The summed E-state index contributed by atoms with van der Waals surface area (Å²) in [5, 5.41) is 2.60. The zero-order valence-corrected chi connectivity index (χ0v) is 19.6. The van der Waals surface area contributed by atoms with Crippen molar-refractivity contribution in [2.45, 2.75) is 43.4 Å². The molecule has 1 fully saturated rings. The summed E-state index contributed by atoms with van der Waals surface area (Å²) >= 11 is 0. The van der Waals surface area contributed by atoms with Gasteiger partial charge >= 0.3 is 5.97 Å². The lowest BCUT2D eigenvalue weighted by molar-refractivity contribution is -0.147. The molecule has 1 N–H and O–H groups in total. The van der Waals surface area contributed by atoms with E-state index in [1.165, 1.54) is 16.4 Å². The van der Waals surface area contributed by atoms with Gasteiger partial charge in [0.15, 0.2) is 6.61 Å². The number of rotatable bonds is 9. The van der Waals surface area contributed by atoms with Crippen LogP contribution in [0.15, 0.2) is 53.4 Å². The molecule has 0 atom stereocenters. The number of carbonyl (C=O) groups excluding carboxylic acids is 2. The van der Waals surface area contributed by atoms with Crippen LogP contribution in [0.3, 0.4) is 0 Å². The van der Waals surface area contributed by atoms with Gasteiger partial charge in [-0.05, 0) is 49.1 Å². The normalized spacial score (nSPS) is 14.8. The Hall–Kier alpha value is -2.91. The minimum Gasteiger partial charge on any atom is -0.496 e. The predicted molar refractivity (Wildman–Crippen MR) is 125 cm³/mol. The Labute approximate surface area is 194 Å². The van der Waals surface area contributed by atoms with Crippen LogP contribution >= 0.6 is 0 Å². The summed E-state index contributed by atoms with van der Waals surface area (Å²) in [7, 11) is -2.06. The summed E-state index contributed by atoms with van der Waals surface area (Å²) in [4.78, 5) is 24.4. The first kappa shape index (κ1) is 24.7. The van der Waals surface area contributed by atoms with Gasteiger partial charge in [-0.3, -0.25) is 9.59 Å². The molecule has 1 aliphatic rings. The third-order valence-electron chi connectivity index (χ3n) is 5.48. The third kappa shape index (κ3) is 7.03. The van der Waals surface area contributed by atoms with Gasteiger partial charge in [0, 0.05) is 25.2 Å². The average molecular weight is 475 g/mol. The van der Waals surface area contributed by atoms with E-state index in [-0.39, 0.29) is 11.3 Å². The highest BCUT2D eigenvalue weighted by Crippen LogP contribution is 2.23. The van der Waals surface area contributed by atoms with Crippen molar-refractivity contribution in [2.24, 2.45) is 0 Å². The molecule has 1 heterocycles. The van der Waals surface area contributed by atoms with Gasteiger partial charge in [-0.25, -0.2) is 8.42 Å². The van der Waals surface area contributed by atoms with E-state index >= 15 is 0 Å². The SMILES string of the molecule is COc1ccccc1CCC(=O)OCC(=O)Nc1cccc(S(=O)(=O)N2CCCCCC2)c1. The zero-order valence-electron chi connectivity index (χ0n) is 18.8. The van der Waals surface area contributed by atoms with E-state index in [4.69, 9.17) is 9.47 Å². The van der Waals surface area contributed by atoms with Crippen molar-refractivity contribution in [2.75, 3.05) is 32.1 Å². The summed E-state index contributed by atoms with van der Waals surface area (Å²) in [5.41, 5.74) is 1.21. The number of hydrogen-bond acceptors (Lipinski definition) is 6. The Morgan fingerprint density at radius 1 is 1.00 bits per heavy atom. The number of amides is 1. The molecule has 3 rings (SSSR count). The summed E-state index contributed by atoms with van der Waals surface area (Å²) in [6.45, 7) is 0.557. The molecule has 178 valence electrons. The van der Waals surface area contributed by atoms with Crippen LogP contribution in [0.2, 0.25) is 0 Å². The molecule has 0 saturated carbocycles. The predicted octanol–water partition coefficient (Wildman–Crippen LogP) is 3.37. The fraction of sp³-hybridized carbons (Fsp3) is 0.417. The molecule has 0 aromatic heterocycles. The Balaban J connectivity index is 1.51. The number of aryl methyl sites for hydroxylation is 1. The van der Waals surface area contributed by atoms with E-state index in [1.54, 1.807) is 19.2 Å². The van der Waals surface area contributed by atoms with Crippen LogP contribution in [0.5, 0.6) is 5.75 Å². The number of methoxy groups -OCH3 is 1. The van der Waals surface area contributed by atoms with E-state index in [2.05, 4.69) is 5.32 Å². The van der Waals surface area contributed by atoms with Crippen molar-refractivity contribution < 1.29 is 27.5 Å². The lowest BCUT2D eigenvalue weighted by Crippen LogP contribution is -2.32. The molecular formula is C24H30N2O6S. The van der Waals surface area contributed by atoms with Crippen LogP contribution in [-0.4, -0.2) is 51.4 Å². The van der Waals surface area contributed by atoms with Gasteiger partial charge < -0.3 is 14.8 Å². The number of para-hydroxylation sites is 1. The number of esters is 1. The maximum atomic E-state index is 13.0. The first-order valence-corrected chi connectivity index (χ1v) is 12.5. The van der Waals surface area contributed by atoms with Crippen LogP contribution in [-0.2, 0) is 30.8 Å². The molecule has 33 heavy (non-hydrogen) atoms. The minimum atomic E-state index is -3.62. The highest BCUT2D eigenvalue weighted by Gasteiger charge is 2.25. The molecule has 0 unspecified atom stereocenters. The van der Waals surface area contributed by atoms with E-state index in [0.29, 0.717) is 30.9 Å². The first-order valence-electron chi connectivity index (χ1n) is 11.1. The number of carbonyl (C=O) groups is 2. The molecule has 2 aromatic carbocycles. The van der Waals surface area contributed by atoms with E-state index < -0.39 is 28.5 Å². The average Bonchev–Trinajstić information content (AvgIpc) is 3.12. The molecule has 0 aliphatic carbocycles. The van der Waals surface area contributed by atoms with Crippen LogP contribution in [0.25, 0.3) is 0 Å². The lowest BCUT2D eigenvalue weighted by Gasteiger charge is -2.20. The third-order valence-corrected chi connectivity index (χ3v) is 7.37. The molecule has 0 radical (unpaired) electrons. The number of ether oxygens (including phenoxy) is 2. The fourth-order valence-electron chi connectivity index (χ4n) is 3.73. The molecule has 9 heteroatoms. The number of benzene rings is 2. The largest absolute Gasteiger partial charge is 0.496 e. The Morgan fingerprint density at radius 2 is 1.73 bits per heavy atom. The van der Waals surface area contributed by atoms with Gasteiger partial charge in [0.05, 0.1) is 12.0 Å². The van der Waals surface area contributed by atoms with Gasteiger partial charge in [-0.1, -0.05) is 37.1 Å². The van der Waals surface area contributed by atoms with Gasteiger partial charge in [0.25, 0.3) is 5.91 Å². The molecule has 8 nitrogen and oxygen atoms in total. The highest BCUT2D eigenvalue weighted by molar-refractivity contribution is 7.89. The second-order valence-corrected chi connectivity index (χ2v) is 9.80. The van der Waals surface area contributed by atoms with E-state index in [0.717, 1.165) is 31.2 Å². The standard InChI is InChI=1S/C24H30N2O6S/c1-31-22-12-5-4-9-19(22)13-14-24(28)32-18-23(27)25-20-10-8-11-21(17-20)33(29,30)26-15-6-2-3-7-16-26/h4-5,8-12,17H,2-3,6-7,13-16,18H2,1H3,(H,25,27). The van der Waals surface area contributed by atoms with Crippen molar-refractivity contribution in [3.63, 3.8) is 0 Å². The van der Waals surface area contributed by atoms with Crippen molar-refractivity contribution in [1.82, 2.24) is 4.31 Å². The van der Waals surface area contributed by atoms with Crippen molar-refractivity contribution in [3.8, 4) is 5.75 Å². The smallest absolute Gasteiger partial charge is 0.306 e. The number of nitrogens with one attached hydrogen (secondary N) is 1. The Morgan fingerprint density at radius 3 is 2.45 bits per heavy atom. The van der Waals surface area contributed by atoms with Crippen molar-refractivity contribution in [1.29, 1.82) is 0 Å². The second kappa shape index (κ2) is 11.8. The number of sulfonamides is 1. The minimum absolute atomic E-state index is 0.108. The monoisotopic (exact) mass is 474 g/mol. The maximum Gasteiger partial charge on any atom is 0.306 e. The fourth-order valence-corrected chi connectivity index (χ4v) is 5.29. The van der Waals surface area contributed by atoms with Crippen molar-refractivity contribution >= 4 is 27.6 Å². The van der Waals surface area contributed by atoms with Gasteiger partial charge in [-0.15, -0.1) is 0 Å². The summed E-state index contributed by atoms with van der Waals surface area (Å²) < 4.78 is 37.7. The van der Waals surface area contributed by atoms with Crippen molar-refractivity contribution in [3.05, 3.63) is 54.1 Å². The molecule has 0 spiro atoms. The van der Waals surface area contributed by atoms with E-state index in [1.807, 2.05) is 24.3 Å². The van der Waals surface area contributed by atoms with Gasteiger partial charge in [0.2, 0.25) is 10.0 Å². The van der Waals surface area contributed by atoms with E-state index in [9.17, 15) is 18.0 Å². The topological polar surface area (TPSA) is 102 Å². The van der Waals surface area contributed by atoms with Crippen LogP contribution in [0.4, 0.5) is 5.69 Å². The first-order chi connectivity index (χ1) is 15.9. The quantitative estimate of drug-likeness (QED) is 0.559. The second-order valence-electron chi connectivity index (χ2n) is 7.87. The molecule has 0 bridgehead atoms. The Kier molecular flexibility index (Phi) is 8.85. The highest BCUT2D eigenvalue weighted by atomic mass is 32.2. The van der Waals surface area contributed by atoms with Gasteiger partial charge in [0.1, 0.15) is 5.75 Å². The van der Waals surface area contributed by atoms with Crippen LogP contribution in [0, 0.1) is 0 Å². The molecule has 2 aromatic rings. The number of nitrogens with zero attached hydrogens (tertiary/aromatic N) is 1. The van der Waals surface area contributed by atoms with Crippen LogP contribution in [0.1, 0.15) is 37.7 Å². The summed E-state index contributed by atoms with van der Waals surface area (Å²) in [6, 6.07) is 13.5. The zero-order chi connectivity index (χ0) is 23.7.